The van der Waals surface area contributed by atoms with Gasteiger partial charge in [0.1, 0.15) is 17.6 Å². The van der Waals surface area contributed by atoms with E-state index in [0.717, 1.165) is 23.7 Å². The quantitative estimate of drug-likeness (QED) is 0.712. The van der Waals surface area contributed by atoms with Gasteiger partial charge in [0.15, 0.2) is 0 Å². The predicted molar refractivity (Wildman–Crippen MR) is 63.7 cm³/mol. The maximum atomic E-state index is 5.72. The number of benzene rings is 1. The molecular weight excluding hydrogens is 220 g/mol. The second-order valence-electron chi connectivity index (χ2n) is 4.04. The molecular formula is C13H18O4. The van der Waals surface area contributed by atoms with Gasteiger partial charge < -0.3 is 18.9 Å². The van der Waals surface area contributed by atoms with E-state index < -0.39 is 0 Å². The van der Waals surface area contributed by atoms with Crippen molar-refractivity contribution in [3.63, 3.8) is 0 Å². The summed E-state index contributed by atoms with van der Waals surface area (Å²) >= 11 is 0. The number of ether oxygens (including phenoxy) is 4. The van der Waals surface area contributed by atoms with Crippen LogP contribution < -0.4 is 9.47 Å². The van der Waals surface area contributed by atoms with Gasteiger partial charge in [0, 0.05) is 11.6 Å². The molecule has 0 aromatic heterocycles. The summed E-state index contributed by atoms with van der Waals surface area (Å²) in [5.41, 5.74) is 1.02. The molecule has 1 fully saturated rings. The van der Waals surface area contributed by atoms with Crippen molar-refractivity contribution in [2.24, 2.45) is 0 Å². The first-order valence-electron chi connectivity index (χ1n) is 5.69. The van der Waals surface area contributed by atoms with Gasteiger partial charge in [-0.2, -0.15) is 0 Å². The van der Waals surface area contributed by atoms with Gasteiger partial charge in [-0.3, -0.25) is 0 Å². The molecule has 0 radical (unpaired) electrons. The van der Waals surface area contributed by atoms with Gasteiger partial charge in [0.25, 0.3) is 0 Å². The number of hydrogen-bond acceptors (Lipinski definition) is 4. The minimum atomic E-state index is -0.0138. The second kappa shape index (κ2) is 5.38. The molecule has 0 saturated carbocycles. The van der Waals surface area contributed by atoms with Crippen LogP contribution in [-0.2, 0) is 9.47 Å². The summed E-state index contributed by atoms with van der Waals surface area (Å²) in [4.78, 5) is 0. The third-order valence-electron chi connectivity index (χ3n) is 2.81. The van der Waals surface area contributed by atoms with Crippen LogP contribution in [0.15, 0.2) is 18.2 Å². The number of epoxide rings is 1. The lowest BCUT2D eigenvalue weighted by molar-refractivity contribution is 0.0524. The standard InChI is InChI=1S/C13H18O4/c1-9(16-7-11-8-17-11)12-5-4-10(14-2)6-13(12)15-3/h4-6,9,11H,7-8H2,1-3H3/t9-,11-/m1/s1. The van der Waals surface area contributed by atoms with Crippen LogP contribution in [0.1, 0.15) is 18.6 Å². The molecule has 0 bridgehead atoms. The largest absolute Gasteiger partial charge is 0.497 e. The lowest BCUT2D eigenvalue weighted by Crippen LogP contribution is -2.07. The summed E-state index contributed by atoms with van der Waals surface area (Å²) in [6, 6.07) is 5.74. The van der Waals surface area contributed by atoms with Gasteiger partial charge >= 0.3 is 0 Å². The Morgan fingerprint density at radius 3 is 2.71 bits per heavy atom. The average molecular weight is 238 g/mol. The summed E-state index contributed by atoms with van der Waals surface area (Å²) in [5.74, 6) is 1.57. The van der Waals surface area contributed by atoms with Crippen LogP contribution in [0.2, 0.25) is 0 Å². The minimum Gasteiger partial charge on any atom is -0.497 e. The van der Waals surface area contributed by atoms with Crippen LogP contribution >= 0.6 is 0 Å². The zero-order valence-corrected chi connectivity index (χ0v) is 10.4. The van der Waals surface area contributed by atoms with Crippen LogP contribution in [0.25, 0.3) is 0 Å². The van der Waals surface area contributed by atoms with Crippen molar-refractivity contribution in [2.45, 2.75) is 19.1 Å². The summed E-state index contributed by atoms with van der Waals surface area (Å²) in [6.45, 7) is 3.45. The third-order valence-corrected chi connectivity index (χ3v) is 2.81. The highest BCUT2D eigenvalue weighted by Crippen LogP contribution is 2.31. The van der Waals surface area contributed by atoms with E-state index in [9.17, 15) is 0 Å². The van der Waals surface area contributed by atoms with Crippen molar-refractivity contribution in [3.8, 4) is 11.5 Å². The van der Waals surface area contributed by atoms with E-state index in [2.05, 4.69) is 0 Å². The Labute approximate surface area is 101 Å². The van der Waals surface area contributed by atoms with Gasteiger partial charge in [0.2, 0.25) is 0 Å². The SMILES string of the molecule is COc1ccc([C@@H](C)OC[C@@H]2CO2)c(OC)c1. The van der Waals surface area contributed by atoms with Crippen molar-refractivity contribution in [2.75, 3.05) is 27.4 Å². The summed E-state index contributed by atoms with van der Waals surface area (Å²) < 4.78 is 21.3. The Bertz CT molecular complexity index is 374. The first-order chi connectivity index (χ1) is 8.24. The molecule has 17 heavy (non-hydrogen) atoms. The molecule has 1 aromatic rings. The molecule has 94 valence electrons. The molecule has 2 atom stereocenters. The monoisotopic (exact) mass is 238 g/mol. The molecule has 1 aromatic carbocycles. The molecule has 1 saturated heterocycles. The maximum absolute atomic E-state index is 5.72. The molecule has 4 nitrogen and oxygen atoms in total. The van der Waals surface area contributed by atoms with E-state index >= 15 is 0 Å². The van der Waals surface area contributed by atoms with E-state index in [0.29, 0.717) is 6.61 Å². The molecule has 4 heteroatoms. The highest BCUT2D eigenvalue weighted by atomic mass is 16.6. The van der Waals surface area contributed by atoms with E-state index in [1.54, 1.807) is 14.2 Å². The van der Waals surface area contributed by atoms with E-state index in [4.69, 9.17) is 18.9 Å². The summed E-state index contributed by atoms with van der Waals surface area (Å²) in [5, 5.41) is 0. The molecule has 0 unspecified atom stereocenters. The van der Waals surface area contributed by atoms with Gasteiger partial charge in [-0.05, 0) is 19.1 Å². The number of methoxy groups -OCH3 is 2. The van der Waals surface area contributed by atoms with Gasteiger partial charge in [0.05, 0.1) is 33.5 Å². The summed E-state index contributed by atoms with van der Waals surface area (Å²) in [7, 11) is 3.29. The third kappa shape index (κ3) is 3.11. The zero-order valence-electron chi connectivity index (χ0n) is 10.4. The van der Waals surface area contributed by atoms with Crippen LogP contribution in [0.4, 0.5) is 0 Å². The first kappa shape index (κ1) is 12.2. The average Bonchev–Trinajstić information content (AvgIpc) is 3.19. The molecule has 0 aliphatic carbocycles. The lowest BCUT2D eigenvalue weighted by atomic mass is 10.1. The minimum absolute atomic E-state index is 0.0138. The molecule has 1 aliphatic rings. The van der Waals surface area contributed by atoms with E-state index in [1.807, 2.05) is 25.1 Å². The van der Waals surface area contributed by atoms with E-state index in [1.165, 1.54) is 0 Å². The second-order valence-corrected chi connectivity index (χ2v) is 4.04. The van der Waals surface area contributed by atoms with E-state index in [-0.39, 0.29) is 12.2 Å². The fraction of sp³-hybridized carbons (Fsp3) is 0.538. The maximum Gasteiger partial charge on any atom is 0.128 e. The van der Waals surface area contributed by atoms with Crippen molar-refractivity contribution < 1.29 is 18.9 Å². The Morgan fingerprint density at radius 2 is 2.12 bits per heavy atom. The molecule has 2 rings (SSSR count). The normalized spacial score (nSPS) is 19.8. The predicted octanol–water partition coefficient (Wildman–Crippen LogP) is 2.18. The van der Waals surface area contributed by atoms with Crippen LogP contribution in [0, 0.1) is 0 Å². The smallest absolute Gasteiger partial charge is 0.128 e. The highest BCUT2D eigenvalue weighted by molar-refractivity contribution is 5.41. The van der Waals surface area contributed by atoms with Crippen LogP contribution in [0.5, 0.6) is 11.5 Å². The fourth-order valence-corrected chi connectivity index (χ4v) is 1.66. The fourth-order valence-electron chi connectivity index (χ4n) is 1.66. The Kier molecular flexibility index (Phi) is 3.86. The van der Waals surface area contributed by atoms with Crippen molar-refractivity contribution in [1.82, 2.24) is 0 Å². The Balaban J connectivity index is 2.06. The van der Waals surface area contributed by atoms with Gasteiger partial charge in [-0.25, -0.2) is 0 Å². The zero-order chi connectivity index (χ0) is 12.3. The Morgan fingerprint density at radius 1 is 1.35 bits per heavy atom. The topological polar surface area (TPSA) is 40.2 Å². The van der Waals surface area contributed by atoms with Crippen molar-refractivity contribution in [3.05, 3.63) is 23.8 Å². The molecule has 0 amide bonds. The lowest BCUT2D eigenvalue weighted by Gasteiger charge is -2.16. The van der Waals surface area contributed by atoms with Crippen LogP contribution in [-0.4, -0.2) is 33.5 Å². The Hall–Kier alpha value is -1.26. The molecule has 0 spiro atoms. The molecule has 1 heterocycles. The van der Waals surface area contributed by atoms with Crippen molar-refractivity contribution >= 4 is 0 Å². The summed E-state index contributed by atoms with van der Waals surface area (Å²) in [6.07, 6.45) is 0.266. The van der Waals surface area contributed by atoms with Gasteiger partial charge in [-0.1, -0.05) is 0 Å². The highest BCUT2D eigenvalue weighted by Gasteiger charge is 2.24. The molecule has 0 N–H and O–H groups in total. The molecule has 1 aliphatic heterocycles. The first-order valence-corrected chi connectivity index (χ1v) is 5.69. The number of rotatable bonds is 6. The van der Waals surface area contributed by atoms with Crippen molar-refractivity contribution in [1.29, 1.82) is 0 Å². The van der Waals surface area contributed by atoms with Crippen LogP contribution in [0.3, 0.4) is 0 Å². The van der Waals surface area contributed by atoms with Gasteiger partial charge in [-0.15, -0.1) is 0 Å². The number of hydrogen-bond donors (Lipinski definition) is 0.